The van der Waals surface area contributed by atoms with E-state index in [1.807, 2.05) is 6.92 Å². The highest BCUT2D eigenvalue weighted by atomic mass is 16.5. The molecule has 0 amide bonds. The van der Waals surface area contributed by atoms with Crippen molar-refractivity contribution in [2.45, 2.75) is 130 Å². The van der Waals surface area contributed by atoms with E-state index >= 15 is 0 Å². The van der Waals surface area contributed by atoms with Crippen molar-refractivity contribution in [2.24, 2.45) is 0 Å². The predicted molar refractivity (Wildman–Crippen MR) is 136 cm³/mol. The molecular weight excluding hydrogens is 400 g/mol. The van der Waals surface area contributed by atoms with Gasteiger partial charge in [0.05, 0.1) is 13.2 Å². The van der Waals surface area contributed by atoms with Gasteiger partial charge >= 0.3 is 0 Å². The van der Waals surface area contributed by atoms with Gasteiger partial charge in [0.2, 0.25) is 11.5 Å². The summed E-state index contributed by atoms with van der Waals surface area (Å²) in [7, 11) is 0. The van der Waals surface area contributed by atoms with E-state index in [9.17, 15) is 10.2 Å². The molecule has 1 rings (SSSR count). The number of phenolic OH excluding ortho intramolecular Hbond substituents is 2. The first-order valence-electron chi connectivity index (χ1n) is 13.5. The molecule has 32 heavy (non-hydrogen) atoms. The van der Waals surface area contributed by atoms with Crippen molar-refractivity contribution in [3.63, 3.8) is 0 Å². The van der Waals surface area contributed by atoms with Crippen LogP contribution >= 0.6 is 0 Å². The van der Waals surface area contributed by atoms with E-state index in [0.29, 0.717) is 31.1 Å². The smallest absolute Gasteiger partial charge is 0.207 e. The highest BCUT2D eigenvalue weighted by molar-refractivity contribution is 5.66. The van der Waals surface area contributed by atoms with E-state index < -0.39 is 0 Å². The van der Waals surface area contributed by atoms with Crippen LogP contribution in [-0.4, -0.2) is 23.4 Å². The largest absolute Gasteiger partial charge is 0.504 e. The summed E-state index contributed by atoms with van der Waals surface area (Å²) in [4.78, 5) is 0. The molecule has 186 valence electrons. The van der Waals surface area contributed by atoms with Crippen LogP contribution in [0, 0.1) is 0 Å². The summed E-state index contributed by atoms with van der Waals surface area (Å²) in [5.74, 6) is 0.734. The maximum absolute atomic E-state index is 10.7. The van der Waals surface area contributed by atoms with Crippen LogP contribution in [0.3, 0.4) is 0 Å². The topological polar surface area (TPSA) is 58.9 Å². The minimum atomic E-state index is -0.170. The number of hydrogen-bond acceptors (Lipinski definition) is 4. The van der Waals surface area contributed by atoms with Gasteiger partial charge in [0.25, 0.3) is 0 Å². The molecule has 1 aromatic rings. The van der Waals surface area contributed by atoms with E-state index in [1.165, 1.54) is 64.2 Å². The van der Waals surface area contributed by atoms with Crippen molar-refractivity contribution in [2.75, 3.05) is 13.2 Å². The Morgan fingerprint density at radius 2 is 0.875 bits per heavy atom. The summed E-state index contributed by atoms with van der Waals surface area (Å²) < 4.78 is 12.2. The standard InChI is InChI=1S/C28H50O4/c1-5-9-11-13-15-17-19-21-31-27-24(8-4)23(7-3)25(29)26(30)28(27)32-22-20-18-16-14-12-10-6-2/h29-30H,5-22H2,1-4H3. The van der Waals surface area contributed by atoms with Crippen molar-refractivity contribution in [1.82, 2.24) is 0 Å². The van der Waals surface area contributed by atoms with Gasteiger partial charge in [0.15, 0.2) is 11.5 Å². The lowest BCUT2D eigenvalue weighted by Gasteiger charge is -2.21. The van der Waals surface area contributed by atoms with E-state index in [4.69, 9.17) is 9.47 Å². The van der Waals surface area contributed by atoms with E-state index in [0.717, 1.165) is 43.2 Å². The number of rotatable bonds is 20. The average Bonchev–Trinajstić information content (AvgIpc) is 2.80. The number of aromatic hydroxyl groups is 2. The Hall–Kier alpha value is -1.58. The number of ether oxygens (including phenoxy) is 2. The van der Waals surface area contributed by atoms with Gasteiger partial charge in [-0.25, -0.2) is 0 Å². The van der Waals surface area contributed by atoms with Gasteiger partial charge in [-0.15, -0.1) is 0 Å². The fraction of sp³-hybridized carbons (Fsp3) is 0.786. The fourth-order valence-electron chi connectivity index (χ4n) is 4.28. The molecule has 0 heterocycles. The molecule has 0 aliphatic rings. The Balaban J connectivity index is 2.70. The molecule has 4 nitrogen and oxygen atoms in total. The summed E-state index contributed by atoms with van der Waals surface area (Å²) in [5, 5.41) is 21.2. The van der Waals surface area contributed by atoms with Crippen LogP contribution in [0.25, 0.3) is 0 Å². The molecule has 1 aromatic carbocycles. The summed E-state index contributed by atoms with van der Waals surface area (Å²) in [6, 6.07) is 0. The highest BCUT2D eigenvalue weighted by Gasteiger charge is 2.24. The maximum atomic E-state index is 10.7. The van der Waals surface area contributed by atoms with Crippen molar-refractivity contribution in [3.05, 3.63) is 11.1 Å². The molecule has 0 fully saturated rings. The van der Waals surface area contributed by atoms with Crippen molar-refractivity contribution >= 4 is 0 Å². The maximum Gasteiger partial charge on any atom is 0.207 e. The van der Waals surface area contributed by atoms with Crippen molar-refractivity contribution < 1.29 is 19.7 Å². The molecule has 0 atom stereocenters. The van der Waals surface area contributed by atoms with E-state index in [2.05, 4.69) is 20.8 Å². The lowest BCUT2D eigenvalue weighted by Crippen LogP contribution is -2.07. The van der Waals surface area contributed by atoms with Crippen LogP contribution in [0.1, 0.15) is 129 Å². The van der Waals surface area contributed by atoms with Gasteiger partial charge in [-0.1, -0.05) is 105 Å². The van der Waals surface area contributed by atoms with Gasteiger partial charge < -0.3 is 19.7 Å². The fourth-order valence-corrected chi connectivity index (χ4v) is 4.28. The lowest BCUT2D eigenvalue weighted by molar-refractivity contribution is 0.243. The van der Waals surface area contributed by atoms with Crippen molar-refractivity contribution in [1.29, 1.82) is 0 Å². The van der Waals surface area contributed by atoms with Gasteiger partial charge in [0.1, 0.15) is 0 Å². The number of unbranched alkanes of at least 4 members (excludes halogenated alkanes) is 12. The quantitative estimate of drug-likeness (QED) is 0.154. The van der Waals surface area contributed by atoms with Crippen LogP contribution in [-0.2, 0) is 12.8 Å². The van der Waals surface area contributed by atoms with Gasteiger partial charge in [-0.2, -0.15) is 0 Å². The second-order valence-corrected chi connectivity index (χ2v) is 8.96. The van der Waals surface area contributed by atoms with Gasteiger partial charge in [0, 0.05) is 11.1 Å². The van der Waals surface area contributed by atoms with Crippen LogP contribution in [0.2, 0.25) is 0 Å². The first kappa shape index (κ1) is 28.5. The summed E-state index contributed by atoms with van der Waals surface area (Å²) >= 11 is 0. The molecular formula is C28H50O4. The molecule has 0 aliphatic heterocycles. The lowest BCUT2D eigenvalue weighted by atomic mass is 9.99. The van der Waals surface area contributed by atoms with Gasteiger partial charge in [-0.05, 0) is 25.7 Å². The molecule has 0 aliphatic carbocycles. The summed E-state index contributed by atoms with van der Waals surface area (Å²) in [6.45, 7) is 9.67. The third kappa shape index (κ3) is 9.92. The summed E-state index contributed by atoms with van der Waals surface area (Å²) in [6.07, 6.45) is 18.4. The molecule has 0 radical (unpaired) electrons. The van der Waals surface area contributed by atoms with Gasteiger partial charge in [-0.3, -0.25) is 0 Å². The molecule has 0 aromatic heterocycles. The van der Waals surface area contributed by atoms with Crippen LogP contribution in [0.4, 0.5) is 0 Å². The zero-order valence-corrected chi connectivity index (χ0v) is 21.4. The second-order valence-electron chi connectivity index (χ2n) is 8.96. The normalized spacial score (nSPS) is 11.1. The SMILES string of the molecule is CCCCCCCCCOc1c(O)c(O)c(CC)c(CC)c1OCCCCCCCCC. The first-order chi connectivity index (χ1) is 15.6. The number of benzene rings is 1. The van der Waals surface area contributed by atoms with E-state index in [-0.39, 0.29) is 11.5 Å². The Morgan fingerprint density at radius 3 is 1.31 bits per heavy atom. The average molecular weight is 451 g/mol. The monoisotopic (exact) mass is 450 g/mol. The molecule has 0 saturated heterocycles. The molecule has 0 bridgehead atoms. The zero-order valence-electron chi connectivity index (χ0n) is 21.4. The third-order valence-electron chi connectivity index (χ3n) is 6.27. The highest BCUT2D eigenvalue weighted by Crippen LogP contribution is 2.49. The van der Waals surface area contributed by atoms with E-state index in [1.54, 1.807) is 0 Å². The Bertz CT molecular complexity index is 612. The number of hydrogen-bond donors (Lipinski definition) is 2. The summed E-state index contributed by atoms with van der Waals surface area (Å²) in [5.41, 5.74) is 1.73. The Labute approximate surface area is 197 Å². The molecule has 0 saturated carbocycles. The Kier molecular flexibility index (Phi) is 15.9. The number of phenols is 2. The third-order valence-corrected chi connectivity index (χ3v) is 6.27. The minimum Gasteiger partial charge on any atom is -0.504 e. The minimum absolute atomic E-state index is 0.0535. The predicted octanol–water partition coefficient (Wildman–Crippen LogP) is 8.48. The second kappa shape index (κ2) is 17.9. The molecule has 0 unspecified atom stereocenters. The Morgan fingerprint density at radius 1 is 0.469 bits per heavy atom. The first-order valence-corrected chi connectivity index (χ1v) is 13.5. The van der Waals surface area contributed by atoms with Crippen LogP contribution in [0.5, 0.6) is 23.0 Å². The zero-order chi connectivity index (χ0) is 23.6. The van der Waals surface area contributed by atoms with Crippen LogP contribution < -0.4 is 9.47 Å². The molecule has 4 heteroatoms. The van der Waals surface area contributed by atoms with Crippen molar-refractivity contribution in [3.8, 4) is 23.0 Å². The molecule has 2 N–H and O–H groups in total. The van der Waals surface area contributed by atoms with Crippen LogP contribution in [0.15, 0.2) is 0 Å². The molecule has 0 spiro atoms.